The van der Waals surface area contributed by atoms with Gasteiger partial charge < -0.3 is 9.13 Å². The predicted molar refractivity (Wildman–Crippen MR) is 521 cm³/mol. The number of fused-ring (bicyclic) bond motifs is 36. The van der Waals surface area contributed by atoms with E-state index in [0.29, 0.717) is 11.9 Å². The standard InChI is InChI=1S/C116H66N8/c1-2-26-75(27-3-1)121-99-40-20-18-37-86(99)89-54-49-74(66-104(89)121)111-107-77-28-8-4-22-68(77)50-61-98(107)117-115(119-111)123-101-62-60-92-84-35-14-15-36-85(84)97-64-72(47-55-93(97)106(92)109(101)95-57-45-70-24-6-10-30-79(70)113(95)123)67-42-51-76(52-43-67)122-100-41-21-19-38-87(100)88-53-48-73(65-103(88)122)110-96-58-46-69-23-5-9-29-78(69)112(96)120-116(118-110)124-102-63-59-91-83-34-13-12-32-81(83)82-33-16-17-39-90(82)105(91)108(102)94-56-44-71-25-7-11-31-80(71)114(94)124/h1-66H. The van der Waals surface area contributed by atoms with E-state index in [1.807, 2.05) is 0 Å². The molecule has 0 spiro atoms. The maximum atomic E-state index is 5.95. The molecule has 8 nitrogen and oxygen atoms in total. The molecule has 28 rings (SSSR count). The summed E-state index contributed by atoms with van der Waals surface area (Å²) in [5.41, 5.74) is 18.6. The van der Waals surface area contributed by atoms with Crippen molar-refractivity contribution in [3.05, 3.63) is 400 Å². The van der Waals surface area contributed by atoms with Crippen LogP contribution < -0.4 is 0 Å². The number of aromatic nitrogens is 8. The Morgan fingerprint density at radius 3 is 1.10 bits per heavy atom. The minimum Gasteiger partial charge on any atom is -0.309 e. The summed E-state index contributed by atoms with van der Waals surface area (Å²) in [5, 5.41) is 34.9. The lowest BCUT2D eigenvalue weighted by molar-refractivity contribution is 1.02. The number of para-hydroxylation sites is 3. The lowest BCUT2D eigenvalue weighted by Crippen LogP contribution is -2.04. The van der Waals surface area contributed by atoms with Crippen LogP contribution in [0.15, 0.2) is 400 Å². The second-order valence-corrected chi connectivity index (χ2v) is 33.4. The Balaban J connectivity index is 0.617. The van der Waals surface area contributed by atoms with Crippen molar-refractivity contribution in [2.45, 2.75) is 0 Å². The Morgan fingerprint density at radius 2 is 0.524 bits per heavy atom. The van der Waals surface area contributed by atoms with Gasteiger partial charge in [0.1, 0.15) is 0 Å². The molecule has 28 aromatic rings. The van der Waals surface area contributed by atoms with Crippen molar-refractivity contribution in [1.82, 2.24) is 38.2 Å². The van der Waals surface area contributed by atoms with Gasteiger partial charge in [-0.1, -0.05) is 322 Å². The molecule has 6 heterocycles. The first-order chi connectivity index (χ1) is 61.5. The van der Waals surface area contributed by atoms with Gasteiger partial charge in [-0.05, 0) is 171 Å². The number of rotatable bonds is 7. The quantitative estimate of drug-likeness (QED) is 0.149. The van der Waals surface area contributed by atoms with Crippen molar-refractivity contribution < 1.29 is 0 Å². The van der Waals surface area contributed by atoms with Gasteiger partial charge >= 0.3 is 0 Å². The van der Waals surface area contributed by atoms with E-state index in [-0.39, 0.29) is 0 Å². The third-order valence-corrected chi connectivity index (χ3v) is 27.1. The molecule has 0 aliphatic rings. The molecule has 0 bridgehead atoms. The summed E-state index contributed by atoms with van der Waals surface area (Å²) in [6, 6.07) is 148. The lowest BCUT2D eigenvalue weighted by Gasteiger charge is -2.15. The van der Waals surface area contributed by atoms with E-state index in [2.05, 4.69) is 419 Å². The maximum Gasteiger partial charge on any atom is 0.235 e. The number of hydrogen-bond donors (Lipinski definition) is 0. The van der Waals surface area contributed by atoms with Crippen LogP contribution in [0.3, 0.4) is 0 Å². The Labute approximate surface area is 707 Å². The molecular formula is C116H66N8. The topological polar surface area (TPSA) is 71.3 Å². The van der Waals surface area contributed by atoms with Gasteiger partial charge in [-0.15, -0.1) is 0 Å². The highest BCUT2D eigenvalue weighted by Crippen LogP contribution is 2.51. The minimum atomic E-state index is 0.610. The highest BCUT2D eigenvalue weighted by Gasteiger charge is 2.28. The van der Waals surface area contributed by atoms with Crippen molar-refractivity contribution >= 4 is 217 Å². The van der Waals surface area contributed by atoms with Gasteiger partial charge in [0.25, 0.3) is 0 Å². The average molecular weight is 1570 g/mol. The number of benzene rings is 22. The molecule has 0 fully saturated rings. The molecular weight excluding hydrogens is 1510 g/mol. The van der Waals surface area contributed by atoms with Crippen LogP contribution in [0, 0.1) is 0 Å². The minimum absolute atomic E-state index is 0.610. The van der Waals surface area contributed by atoms with Gasteiger partial charge in [0.15, 0.2) is 0 Å². The third kappa shape index (κ3) is 9.39. The van der Waals surface area contributed by atoms with E-state index < -0.39 is 0 Å². The number of nitrogens with zero attached hydrogens (tertiary/aromatic N) is 8. The molecule has 570 valence electrons. The summed E-state index contributed by atoms with van der Waals surface area (Å²) in [6.45, 7) is 0. The van der Waals surface area contributed by atoms with Gasteiger partial charge in [-0.25, -0.2) is 19.9 Å². The molecule has 124 heavy (non-hydrogen) atoms. The fourth-order valence-corrected chi connectivity index (χ4v) is 21.7. The van der Waals surface area contributed by atoms with Crippen molar-refractivity contribution in [1.29, 1.82) is 0 Å². The highest BCUT2D eigenvalue weighted by molar-refractivity contribution is 6.39. The van der Waals surface area contributed by atoms with Crippen LogP contribution in [0.4, 0.5) is 0 Å². The van der Waals surface area contributed by atoms with Gasteiger partial charge in [0.05, 0.1) is 66.6 Å². The largest absolute Gasteiger partial charge is 0.309 e. The first-order valence-electron chi connectivity index (χ1n) is 42.6. The Kier molecular flexibility index (Phi) is 13.8. The van der Waals surface area contributed by atoms with Crippen molar-refractivity contribution in [2.75, 3.05) is 0 Å². The van der Waals surface area contributed by atoms with Crippen LogP contribution >= 0.6 is 0 Å². The summed E-state index contributed by atoms with van der Waals surface area (Å²) < 4.78 is 9.57. The van der Waals surface area contributed by atoms with Crippen molar-refractivity contribution in [2.24, 2.45) is 0 Å². The molecule has 22 aromatic carbocycles. The molecule has 0 saturated heterocycles. The summed E-state index contributed by atoms with van der Waals surface area (Å²) in [5.74, 6) is 1.23. The number of hydrogen-bond acceptors (Lipinski definition) is 4. The van der Waals surface area contributed by atoms with E-state index in [1.165, 1.54) is 86.2 Å². The second kappa shape index (κ2) is 25.4. The van der Waals surface area contributed by atoms with E-state index in [1.54, 1.807) is 0 Å². The third-order valence-electron chi connectivity index (χ3n) is 27.1. The van der Waals surface area contributed by atoms with Gasteiger partial charge in [0, 0.05) is 103 Å². The Bertz CT molecular complexity index is 9610. The smallest absolute Gasteiger partial charge is 0.235 e. The molecule has 0 N–H and O–H groups in total. The normalized spacial score (nSPS) is 12.4. The van der Waals surface area contributed by atoms with E-state index in [0.717, 1.165) is 176 Å². The van der Waals surface area contributed by atoms with E-state index in [4.69, 9.17) is 19.9 Å². The molecule has 0 radical (unpaired) electrons. The maximum absolute atomic E-state index is 5.95. The molecule has 0 atom stereocenters. The molecule has 0 unspecified atom stereocenters. The zero-order valence-corrected chi connectivity index (χ0v) is 66.7. The van der Waals surface area contributed by atoms with Crippen molar-refractivity contribution in [3.63, 3.8) is 0 Å². The lowest BCUT2D eigenvalue weighted by atomic mass is 9.90. The Morgan fingerprint density at radius 1 is 0.161 bits per heavy atom. The second-order valence-electron chi connectivity index (χ2n) is 33.4. The average Bonchev–Trinajstić information content (AvgIpc) is 1.53. The summed E-state index contributed by atoms with van der Waals surface area (Å²) >= 11 is 0. The first-order valence-corrected chi connectivity index (χ1v) is 42.6. The van der Waals surface area contributed by atoms with Crippen LogP contribution in [0.2, 0.25) is 0 Å². The van der Waals surface area contributed by atoms with E-state index >= 15 is 0 Å². The van der Waals surface area contributed by atoms with Crippen LogP contribution in [0.25, 0.3) is 274 Å². The van der Waals surface area contributed by atoms with Gasteiger partial charge in [0.2, 0.25) is 11.9 Å². The Hall–Kier alpha value is -16.7. The highest BCUT2D eigenvalue weighted by atomic mass is 15.2. The molecule has 0 saturated carbocycles. The summed E-state index contributed by atoms with van der Waals surface area (Å²) in [4.78, 5) is 23.4. The van der Waals surface area contributed by atoms with E-state index in [9.17, 15) is 0 Å². The van der Waals surface area contributed by atoms with Gasteiger partial charge in [-0.3, -0.25) is 9.13 Å². The molecule has 0 aliphatic heterocycles. The summed E-state index contributed by atoms with van der Waals surface area (Å²) in [7, 11) is 0. The molecule has 0 aliphatic carbocycles. The van der Waals surface area contributed by atoms with Crippen LogP contribution in [0.5, 0.6) is 0 Å². The zero-order chi connectivity index (χ0) is 80.7. The van der Waals surface area contributed by atoms with Gasteiger partial charge in [-0.2, -0.15) is 0 Å². The predicted octanol–water partition coefficient (Wildman–Crippen LogP) is 30.5. The summed E-state index contributed by atoms with van der Waals surface area (Å²) in [6.07, 6.45) is 0. The van der Waals surface area contributed by atoms with Crippen LogP contribution in [-0.2, 0) is 0 Å². The monoisotopic (exact) mass is 1570 g/mol. The molecule has 0 amide bonds. The first kappa shape index (κ1) is 67.2. The molecule has 8 heteroatoms. The van der Waals surface area contributed by atoms with Crippen LogP contribution in [-0.4, -0.2) is 38.2 Å². The van der Waals surface area contributed by atoms with Crippen molar-refractivity contribution in [3.8, 4) is 56.9 Å². The molecule has 6 aromatic heterocycles. The fourth-order valence-electron chi connectivity index (χ4n) is 21.7. The van der Waals surface area contributed by atoms with Crippen LogP contribution in [0.1, 0.15) is 0 Å². The fraction of sp³-hybridized carbons (Fsp3) is 0. The zero-order valence-electron chi connectivity index (χ0n) is 66.7. The SMILES string of the molecule is c1ccc(-n2c3ccccc3c3ccc(-c4nc(-n5c6ccc7c8ccccc8c8cc(-c9ccc(-n%10c%11ccccc%11c%11ccc(-c%12nc(-n%13c%14ccc%15c%16ccccc%16c%16ccccc%16c%15c%14c%14ccc%15ccccc%15c%14%13)nc%13c%12ccc%12ccccc%12%13)cc%11%10)cc9)ccc8c7c6c6ccc7ccccc7c65)nc5ccc6ccccc6c45)cc32)cc1.